The first kappa shape index (κ1) is 18.0. The number of pyridine rings is 1. The summed E-state index contributed by atoms with van der Waals surface area (Å²) in [4.78, 5) is 30.7. The molecule has 0 N–H and O–H groups in total. The number of benzene rings is 2. The molecule has 7 heteroatoms. The molecule has 4 aromatic rings. The summed E-state index contributed by atoms with van der Waals surface area (Å²) in [6.45, 7) is 0.0954. The SMILES string of the molecule is COc1ccccc1-n1c(=O)n(Cc2cccc(Cl)c2)c(=O)c2cccnc21. The topological polar surface area (TPSA) is 66.1 Å². The molecule has 0 amide bonds. The molecule has 2 heterocycles. The van der Waals surface area contributed by atoms with Crippen molar-refractivity contribution < 1.29 is 4.74 Å². The lowest BCUT2D eigenvalue weighted by Gasteiger charge is -2.15. The predicted octanol–water partition coefficient (Wildman–Crippen LogP) is 3.26. The zero-order valence-electron chi connectivity index (χ0n) is 15.0. The second kappa shape index (κ2) is 7.32. The summed E-state index contributed by atoms with van der Waals surface area (Å²) in [6.07, 6.45) is 1.55. The van der Waals surface area contributed by atoms with Gasteiger partial charge in [-0.2, -0.15) is 0 Å². The maximum absolute atomic E-state index is 13.4. The number of fused-ring (bicyclic) bond motifs is 1. The fraction of sp³-hybridized carbons (Fsp3) is 0.0952. The first-order valence-electron chi connectivity index (χ1n) is 8.58. The van der Waals surface area contributed by atoms with Crippen LogP contribution in [-0.4, -0.2) is 21.2 Å². The molecule has 0 unspecified atom stereocenters. The third kappa shape index (κ3) is 3.08. The van der Waals surface area contributed by atoms with E-state index in [2.05, 4.69) is 4.98 Å². The number of para-hydroxylation sites is 2. The van der Waals surface area contributed by atoms with Gasteiger partial charge in [0.15, 0.2) is 5.65 Å². The van der Waals surface area contributed by atoms with Crippen molar-refractivity contribution in [3.05, 3.63) is 98.3 Å². The summed E-state index contributed by atoms with van der Waals surface area (Å²) >= 11 is 6.06. The monoisotopic (exact) mass is 393 g/mol. The average Bonchev–Trinajstić information content (AvgIpc) is 2.72. The average molecular weight is 394 g/mol. The molecule has 0 spiro atoms. The van der Waals surface area contributed by atoms with Gasteiger partial charge in [0.1, 0.15) is 5.75 Å². The van der Waals surface area contributed by atoms with Crippen molar-refractivity contribution in [1.82, 2.24) is 14.1 Å². The summed E-state index contributed by atoms with van der Waals surface area (Å²) in [7, 11) is 1.53. The van der Waals surface area contributed by atoms with E-state index in [0.717, 1.165) is 5.56 Å². The molecule has 0 aliphatic heterocycles. The van der Waals surface area contributed by atoms with Crippen LogP contribution in [-0.2, 0) is 6.54 Å². The van der Waals surface area contributed by atoms with E-state index in [9.17, 15) is 9.59 Å². The van der Waals surface area contributed by atoms with Gasteiger partial charge in [-0.1, -0.05) is 35.9 Å². The highest BCUT2D eigenvalue weighted by molar-refractivity contribution is 6.30. The van der Waals surface area contributed by atoms with Gasteiger partial charge >= 0.3 is 5.69 Å². The Hall–Kier alpha value is -3.38. The molecular weight excluding hydrogens is 378 g/mol. The molecule has 0 fully saturated rings. The molecule has 28 heavy (non-hydrogen) atoms. The highest BCUT2D eigenvalue weighted by Crippen LogP contribution is 2.23. The van der Waals surface area contributed by atoms with Gasteiger partial charge in [-0.15, -0.1) is 0 Å². The van der Waals surface area contributed by atoms with Gasteiger partial charge in [-0.3, -0.25) is 9.36 Å². The fourth-order valence-electron chi connectivity index (χ4n) is 3.17. The third-order valence-electron chi connectivity index (χ3n) is 4.45. The maximum Gasteiger partial charge on any atom is 0.337 e. The van der Waals surface area contributed by atoms with E-state index in [4.69, 9.17) is 16.3 Å². The van der Waals surface area contributed by atoms with Crippen molar-refractivity contribution in [3.8, 4) is 11.4 Å². The van der Waals surface area contributed by atoms with E-state index in [1.807, 2.05) is 12.1 Å². The zero-order valence-corrected chi connectivity index (χ0v) is 15.8. The minimum atomic E-state index is -0.499. The Kier molecular flexibility index (Phi) is 4.71. The molecular formula is C21H16ClN3O3. The quantitative estimate of drug-likeness (QED) is 0.533. The molecule has 6 nitrogen and oxygen atoms in total. The van der Waals surface area contributed by atoms with Crippen molar-refractivity contribution in [2.24, 2.45) is 0 Å². The standard InChI is InChI=1S/C21H16ClN3O3/c1-28-18-10-3-2-9-17(18)25-19-16(8-5-11-23-19)20(26)24(21(25)27)13-14-6-4-7-15(22)12-14/h2-12H,13H2,1H3. The number of hydrogen-bond donors (Lipinski definition) is 0. The third-order valence-corrected chi connectivity index (χ3v) is 4.69. The van der Waals surface area contributed by atoms with Crippen LogP contribution in [0.5, 0.6) is 5.75 Å². The molecule has 0 bridgehead atoms. The van der Waals surface area contributed by atoms with Gasteiger partial charge in [0.2, 0.25) is 0 Å². The highest BCUT2D eigenvalue weighted by atomic mass is 35.5. The Morgan fingerprint density at radius 1 is 1.04 bits per heavy atom. The summed E-state index contributed by atoms with van der Waals surface area (Å²) in [6, 6.07) is 17.5. The molecule has 2 aromatic carbocycles. The largest absolute Gasteiger partial charge is 0.495 e. The molecule has 0 aliphatic carbocycles. The minimum absolute atomic E-state index is 0.0954. The van der Waals surface area contributed by atoms with Crippen LogP contribution in [0, 0.1) is 0 Å². The van der Waals surface area contributed by atoms with Crippen LogP contribution in [0.2, 0.25) is 5.02 Å². The van der Waals surface area contributed by atoms with Crippen molar-refractivity contribution in [2.45, 2.75) is 6.54 Å². The molecule has 0 atom stereocenters. The van der Waals surface area contributed by atoms with E-state index in [-0.39, 0.29) is 12.2 Å². The first-order valence-corrected chi connectivity index (χ1v) is 8.96. The lowest BCUT2D eigenvalue weighted by molar-refractivity contribution is 0.412. The summed E-state index contributed by atoms with van der Waals surface area (Å²) in [5.41, 5.74) is 0.643. The summed E-state index contributed by atoms with van der Waals surface area (Å²) in [5.74, 6) is 0.504. The van der Waals surface area contributed by atoms with Crippen molar-refractivity contribution >= 4 is 22.6 Å². The first-order chi connectivity index (χ1) is 13.6. The molecule has 140 valence electrons. The van der Waals surface area contributed by atoms with Crippen LogP contribution in [0.15, 0.2) is 76.4 Å². The van der Waals surface area contributed by atoms with Crippen LogP contribution in [0.25, 0.3) is 16.7 Å². The van der Waals surface area contributed by atoms with Crippen LogP contribution < -0.4 is 16.0 Å². The Balaban J connectivity index is 2.05. The molecule has 0 saturated heterocycles. The molecule has 2 aromatic heterocycles. The van der Waals surface area contributed by atoms with Crippen molar-refractivity contribution in [3.63, 3.8) is 0 Å². The molecule has 4 rings (SSSR count). The van der Waals surface area contributed by atoms with E-state index < -0.39 is 11.2 Å². The normalized spacial score (nSPS) is 10.9. The lowest BCUT2D eigenvalue weighted by Crippen LogP contribution is -2.40. The van der Waals surface area contributed by atoms with Gasteiger partial charge in [0.05, 0.1) is 24.7 Å². The lowest BCUT2D eigenvalue weighted by atomic mass is 10.2. The zero-order chi connectivity index (χ0) is 19.7. The Morgan fingerprint density at radius 2 is 1.86 bits per heavy atom. The van der Waals surface area contributed by atoms with Gasteiger partial charge in [0.25, 0.3) is 5.56 Å². The smallest absolute Gasteiger partial charge is 0.337 e. The maximum atomic E-state index is 13.4. The number of nitrogens with zero attached hydrogens (tertiary/aromatic N) is 3. The van der Waals surface area contributed by atoms with E-state index in [0.29, 0.717) is 21.8 Å². The van der Waals surface area contributed by atoms with Crippen LogP contribution in [0.1, 0.15) is 5.56 Å². The highest BCUT2D eigenvalue weighted by Gasteiger charge is 2.17. The number of hydrogen-bond acceptors (Lipinski definition) is 4. The molecule has 0 aliphatic rings. The van der Waals surface area contributed by atoms with Crippen LogP contribution in [0.3, 0.4) is 0 Å². The number of methoxy groups -OCH3 is 1. The second-order valence-electron chi connectivity index (χ2n) is 6.19. The number of halogens is 1. The van der Waals surface area contributed by atoms with Gasteiger partial charge in [-0.05, 0) is 42.0 Å². The van der Waals surface area contributed by atoms with Gasteiger partial charge in [0, 0.05) is 11.2 Å². The Morgan fingerprint density at radius 3 is 2.64 bits per heavy atom. The van der Waals surface area contributed by atoms with Gasteiger partial charge in [-0.25, -0.2) is 14.3 Å². The van der Waals surface area contributed by atoms with E-state index in [1.165, 1.54) is 16.2 Å². The molecule has 0 saturated carbocycles. The Labute approximate surface area is 165 Å². The van der Waals surface area contributed by atoms with Crippen molar-refractivity contribution in [2.75, 3.05) is 7.11 Å². The number of ether oxygens (including phenoxy) is 1. The van der Waals surface area contributed by atoms with E-state index in [1.54, 1.807) is 54.7 Å². The van der Waals surface area contributed by atoms with Crippen molar-refractivity contribution in [1.29, 1.82) is 0 Å². The van der Waals surface area contributed by atoms with Gasteiger partial charge < -0.3 is 4.74 Å². The van der Waals surface area contributed by atoms with Crippen LogP contribution >= 0.6 is 11.6 Å². The summed E-state index contributed by atoms with van der Waals surface area (Å²) in [5, 5.41) is 0.882. The second-order valence-corrected chi connectivity index (χ2v) is 6.62. The number of rotatable bonds is 4. The summed E-state index contributed by atoms with van der Waals surface area (Å²) < 4.78 is 8.00. The number of aromatic nitrogens is 3. The predicted molar refractivity (Wildman–Crippen MR) is 109 cm³/mol. The molecule has 0 radical (unpaired) electrons. The van der Waals surface area contributed by atoms with E-state index >= 15 is 0 Å². The minimum Gasteiger partial charge on any atom is -0.495 e. The Bertz CT molecular complexity index is 1290. The fourth-order valence-corrected chi connectivity index (χ4v) is 3.39. The van der Waals surface area contributed by atoms with Crippen LogP contribution in [0.4, 0.5) is 0 Å².